The fourth-order valence-corrected chi connectivity index (χ4v) is 2.15. The summed E-state index contributed by atoms with van der Waals surface area (Å²) in [4.78, 5) is 0. The third-order valence-electron chi connectivity index (χ3n) is 3.48. The number of halogens is 4. The van der Waals surface area contributed by atoms with E-state index >= 15 is 0 Å². The molecular weight excluding hydrogens is 288 g/mol. The highest BCUT2D eigenvalue weighted by Crippen LogP contribution is 2.25. The van der Waals surface area contributed by atoms with Crippen LogP contribution in [0.1, 0.15) is 34.0 Å². The number of rotatable bonds is 3. The van der Waals surface area contributed by atoms with Crippen LogP contribution < -0.4 is 4.74 Å². The Morgan fingerprint density at radius 2 is 1.71 bits per heavy atom. The van der Waals surface area contributed by atoms with Crippen molar-refractivity contribution in [3.8, 4) is 5.75 Å². The number of hydrogen-bond donors (Lipinski definition) is 0. The Morgan fingerprint density at radius 3 is 2.24 bits per heavy atom. The highest BCUT2D eigenvalue weighted by Gasteiger charge is 2.18. The predicted molar refractivity (Wildman–Crippen MR) is 73.5 cm³/mol. The van der Waals surface area contributed by atoms with Gasteiger partial charge in [-0.3, -0.25) is 0 Å². The molecule has 1 aromatic rings. The van der Waals surface area contributed by atoms with Gasteiger partial charge in [-0.15, -0.1) is 0 Å². The molecule has 0 aliphatic heterocycles. The van der Waals surface area contributed by atoms with Crippen molar-refractivity contribution in [1.82, 2.24) is 0 Å². The summed E-state index contributed by atoms with van der Waals surface area (Å²) in [5.41, 5.74) is 0. The van der Waals surface area contributed by atoms with E-state index in [0.29, 0.717) is 0 Å². The second-order valence-corrected chi connectivity index (χ2v) is 5.04. The van der Waals surface area contributed by atoms with Crippen molar-refractivity contribution in [1.29, 1.82) is 0 Å². The number of benzene rings is 1. The van der Waals surface area contributed by atoms with Crippen LogP contribution in [0.2, 0.25) is 0 Å². The molecule has 1 fully saturated rings. The molecule has 6 heteroatoms. The maximum Gasteiger partial charge on any atom is 0.203 e. The van der Waals surface area contributed by atoms with Crippen LogP contribution in [0, 0.1) is 23.4 Å². The van der Waals surface area contributed by atoms with Crippen LogP contribution in [0.5, 0.6) is 5.75 Å². The van der Waals surface area contributed by atoms with E-state index in [9.17, 15) is 17.6 Å². The predicted octanol–water partition coefficient (Wildman–Crippen LogP) is 4.87. The van der Waals surface area contributed by atoms with Crippen molar-refractivity contribution in [2.24, 2.45) is 5.92 Å². The first-order valence-corrected chi connectivity index (χ1v) is 6.84. The molecule has 0 heterocycles. The average molecular weight is 310 g/mol. The molecule has 1 aromatic carbocycles. The largest absolute Gasteiger partial charge is 0.494 e. The van der Waals surface area contributed by atoms with Crippen LogP contribution in [0.3, 0.4) is 0 Å². The van der Waals surface area contributed by atoms with Gasteiger partial charge in [-0.05, 0) is 43.7 Å². The molecule has 0 unspecified atom stereocenters. The van der Waals surface area contributed by atoms with Gasteiger partial charge in [0.15, 0.2) is 24.2 Å². The fourth-order valence-electron chi connectivity index (χ4n) is 2.15. The first-order valence-electron chi connectivity index (χ1n) is 6.84. The van der Waals surface area contributed by atoms with Gasteiger partial charge in [0, 0.05) is 1.43 Å². The van der Waals surface area contributed by atoms with Crippen LogP contribution in [0.15, 0.2) is 12.1 Å². The molecule has 2 nitrogen and oxygen atoms in total. The Morgan fingerprint density at radius 1 is 1.10 bits per heavy atom. The van der Waals surface area contributed by atoms with Gasteiger partial charge in [-0.25, -0.2) is 13.2 Å². The number of methoxy groups -OCH3 is 1. The number of alkyl halides is 1. The third-order valence-corrected chi connectivity index (χ3v) is 3.48. The van der Waals surface area contributed by atoms with Crippen molar-refractivity contribution >= 4 is 0 Å². The molecule has 0 spiro atoms. The normalized spacial score (nSPS) is 21.4. The smallest absolute Gasteiger partial charge is 0.203 e. The lowest BCUT2D eigenvalue weighted by Crippen LogP contribution is -2.19. The summed E-state index contributed by atoms with van der Waals surface area (Å²) in [6, 6.07) is 1.82. The molecule has 0 amide bonds. The lowest BCUT2D eigenvalue weighted by atomic mass is 9.89. The second-order valence-electron chi connectivity index (χ2n) is 5.04. The van der Waals surface area contributed by atoms with E-state index < -0.39 is 24.3 Å². The van der Waals surface area contributed by atoms with E-state index in [1.807, 2.05) is 0 Å². The Kier molecular flexibility index (Phi) is 7.50. The lowest BCUT2D eigenvalue weighted by molar-refractivity contribution is -0.0274. The van der Waals surface area contributed by atoms with Crippen molar-refractivity contribution < 1.29 is 28.5 Å². The molecule has 0 N–H and O–H groups in total. The lowest BCUT2D eigenvalue weighted by Gasteiger charge is -2.24. The van der Waals surface area contributed by atoms with E-state index in [4.69, 9.17) is 4.74 Å². The van der Waals surface area contributed by atoms with Crippen molar-refractivity contribution in [2.75, 3.05) is 14.0 Å². The standard InChI is InChI=1S/C8H15FO.C7H5F3O.H2/c1-7-2-4-8(5-3-7)10-6-9;1-11-5-3-2-4(8)6(9)7(5)10;/h7-8H,2-6H2,1H3;2-3H,1H3;1H. The van der Waals surface area contributed by atoms with Crippen LogP contribution in [0.4, 0.5) is 17.6 Å². The minimum absolute atomic E-state index is 0. The van der Waals surface area contributed by atoms with Crippen LogP contribution in [0.25, 0.3) is 0 Å². The SMILES string of the molecule is CC1CCC(OCF)CC1.COc1ccc(F)c(F)c1F.[HH]. The molecule has 21 heavy (non-hydrogen) atoms. The number of ether oxygens (including phenoxy) is 2. The minimum Gasteiger partial charge on any atom is -0.494 e. The molecule has 0 radical (unpaired) electrons. The summed E-state index contributed by atoms with van der Waals surface area (Å²) >= 11 is 0. The van der Waals surface area contributed by atoms with Gasteiger partial charge >= 0.3 is 0 Å². The zero-order valence-corrected chi connectivity index (χ0v) is 12.2. The molecule has 1 aliphatic carbocycles. The summed E-state index contributed by atoms with van der Waals surface area (Å²) < 4.78 is 58.0. The van der Waals surface area contributed by atoms with Crippen LogP contribution in [-0.2, 0) is 4.74 Å². The van der Waals surface area contributed by atoms with E-state index in [-0.39, 0.29) is 13.3 Å². The highest BCUT2D eigenvalue weighted by atomic mass is 19.2. The first-order chi connectivity index (χ1) is 9.99. The van der Waals surface area contributed by atoms with Crippen molar-refractivity contribution in [3.05, 3.63) is 29.6 Å². The molecule has 1 aliphatic rings. The Labute approximate surface area is 123 Å². The molecule has 0 saturated heterocycles. The minimum atomic E-state index is -1.51. The molecule has 0 aromatic heterocycles. The van der Waals surface area contributed by atoms with E-state index in [2.05, 4.69) is 11.7 Å². The molecular formula is C15H22F4O2. The quantitative estimate of drug-likeness (QED) is 0.586. The Hall–Kier alpha value is -1.30. The van der Waals surface area contributed by atoms with Gasteiger partial charge in [-0.1, -0.05) is 6.92 Å². The van der Waals surface area contributed by atoms with Crippen molar-refractivity contribution in [2.45, 2.75) is 38.7 Å². The molecule has 1 saturated carbocycles. The Bertz CT molecular complexity index is 438. The number of hydrogen-bond acceptors (Lipinski definition) is 2. The first kappa shape index (κ1) is 17.8. The molecule has 2 rings (SSSR count). The maximum absolute atomic E-state index is 12.5. The molecule has 0 atom stereocenters. The second kappa shape index (κ2) is 8.87. The van der Waals surface area contributed by atoms with E-state index in [1.54, 1.807) is 0 Å². The highest BCUT2D eigenvalue weighted by molar-refractivity contribution is 5.25. The van der Waals surface area contributed by atoms with Gasteiger partial charge in [0.25, 0.3) is 0 Å². The van der Waals surface area contributed by atoms with E-state index in [0.717, 1.165) is 30.9 Å². The van der Waals surface area contributed by atoms with Gasteiger partial charge < -0.3 is 9.47 Å². The summed E-state index contributed by atoms with van der Waals surface area (Å²) in [5.74, 6) is -3.51. The topological polar surface area (TPSA) is 18.5 Å². The van der Waals surface area contributed by atoms with E-state index in [1.165, 1.54) is 20.0 Å². The summed E-state index contributed by atoms with van der Waals surface area (Å²) in [7, 11) is 1.18. The Balaban J connectivity index is 0.000000385. The zero-order valence-electron chi connectivity index (χ0n) is 12.2. The monoisotopic (exact) mass is 310 g/mol. The summed E-state index contributed by atoms with van der Waals surface area (Å²) in [6.07, 6.45) is 4.70. The van der Waals surface area contributed by atoms with Gasteiger partial charge in [-0.2, -0.15) is 4.39 Å². The van der Waals surface area contributed by atoms with Gasteiger partial charge in [0.1, 0.15) is 0 Å². The van der Waals surface area contributed by atoms with Crippen LogP contribution in [-0.4, -0.2) is 20.1 Å². The zero-order chi connectivity index (χ0) is 15.8. The van der Waals surface area contributed by atoms with Gasteiger partial charge in [0.05, 0.1) is 13.2 Å². The maximum atomic E-state index is 12.5. The molecule has 0 bridgehead atoms. The fraction of sp³-hybridized carbons (Fsp3) is 0.600. The van der Waals surface area contributed by atoms with Crippen molar-refractivity contribution in [3.63, 3.8) is 0 Å². The molecule has 122 valence electrons. The average Bonchev–Trinajstić information content (AvgIpc) is 2.48. The third kappa shape index (κ3) is 5.53. The summed E-state index contributed by atoms with van der Waals surface area (Å²) in [6.45, 7) is 1.63. The van der Waals surface area contributed by atoms with Gasteiger partial charge in [0.2, 0.25) is 5.82 Å². The van der Waals surface area contributed by atoms with Crippen LogP contribution >= 0.6 is 0 Å². The summed E-state index contributed by atoms with van der Waals surface area (Å²) in [5, 5.41) is 0.